The quantitative estimate of drug-likeness (QED) is 0.859. The lowest BCUT2D eigenvalue weighted by molar-refractivity contribution is -0.145. The number of carbonyl (C=O) groups excluding carboxylic acids is 2. The number of rotatable bonds is 3. The van der Waals surface area contributed by atoms with Crippen molar-refractivity contribution in [3.8, 4) is 0 Å². The molecule has 1 N–H and O–H groups in total. The van der Waals surface area contributed by atoms with Crippen LogP contribution in [-0.2, 0) is 16.1 Å². The van der Waals surface area contributed by atoms with Crippen molar-refractivity contribution in [2.45, 2.75) is 39.7 Å². The van der Waals surface area contributed by atoms with Gasteiger partial charge < -0.3 is 5.32 Å². The number of hydrogen-bond donors (Lipinski definition) is 1. The maximum Gasteiger partial charge on any atom is 0.233 e. The molecular formula is C17H21NO2. The Labute approximate surface area is 119 Å². The molecule has 2 atom stereocenters. The van der Waals surface area contributed by atoms with Crippen molar-refractivity contribution < 1.29 is 9.59 Å². The molecule has 0 heterocycles. The minimum Gasteiger partial charge on any atom is -0.351 e. The molecule has 0 aromatic heterocycles. The highest BCUT2D eigenvalue weighted by Crippen LogP contribution is 2.60. The van der Waals surface area contributed by atoms with Gasteiger partial charge in [0.2, 0.25) is 5.91 Å². The van der Waals surface area contributed by atoms with Gasteiger partial charge in [-0.25, -0.2) is 0 Å². The number of amides is 1. The molecule has 0 unspecified atom stereocenters. The van der Waals surface area contributed by atoms with Gasteiger partial charge >= 0.3 is 0 Å². The van der Waals surface area contributed by atoms with Crippen LogP contribution >= 0.6 is 0 Å². The van der Waals surface area contributed by atoms with E-state index in [0.29, 0.717) is 12.5 Å². The molecule has 1 aromatic rings. The van der Waals surface area contributed by atoms with E-state index in [-0.39, 0.29) is 17.1 Å². The van der Waals surface area contributed by atoms with Gasteiger partial charge in [-0.15, -0.1) is 0 Å². The topological polar surface area (TPSA) is 46.2 Å². The van der Waals surface area contributed by atoms with Crippen LogP contribution in [0.5, 0.6) is 0 Å². The average Bonchev–Trinajstić information content (AvgIpc) is 2.98. The maximum atomic E-state index is 12.6. The van der Waals surface area contributed by atoms with Gasteiger partial charge in [-0.2, -0.15) is 0 Å². The molecule has 0 aliphatic heterocycles. The molecule has 1 amide bonds. The van der Waals surface area contributed by atoms with E-state index in [0.717, 1.165) is 24.8 Å². The summed E-state index contributed by atoms with van der Waals surface area (Å²) in [6.45, 7) is 4.48. The van der Waals surface area contributed by atoms with Crippen molar-refractivity contribution in [2.75, 3.05) is 0 Å². The summed E-state index contributed by atoms with van der Waals surface area (Å²) in [4.78, 5) is 25.2. The maximum absolute atomic E-state index is 12.6. The molecule has 0 spiro atoms. The highest BCUT2D eigenvalue weighted by molar-refractivity contribution is 6.10. The lowest BCUT2D eigenvalue weighted by atomic mass is 9.70. The SMILES string of the molecule is CC1(C)C(=O)[C@]2(C(=O)NCc3ccccc3)CC[C@@H]1C2. The predicted molar refractivity (Wildman–Crippen MR) is 76.9 cm³/mol. The largest absolute Gasteiger partial charge is 0.351 e. The van der Waals surface area contributed by atoms with Gasteiger partial charge in [0.05, 0.1) is 0 Å². The smallest absolute Gasteiger partial charge is 0.233 e. The molecule has 2 aliphatic carbocycles. The van der Waals surface area contributed by atoms with Crippen LogP contribution in [-0.4, -0.2) is 11.7 Å². The molecule has 1 aromatic carbocycles. The fraction of sp³-hybridized carbons (Fsp3) is 0.529. The Morgan fingerprint density at radius 3 is 2.60 bits per heavy atom. The zero-order valence-corrected chi connectivity index (χ0v) is 12.1. The summed E-state index contributed by atoms with van der Waals surface area (Å²) in [6.07, 6.45) is 2.46. The van der Waals surface area contributed by atoms with Crippen molar-refractivity contribution in [2.24, 2.45) is 16.7 Å². The second kappa shape index (κ2) is 4.44. The third-order valence-electron chi connectivity index (χ3n) is 5.29. The van der Waals surface area contributed by atoms with Crippen molar-refractivity contribution in [3.63, 3.8) is 0 Å². The highest BCUT2D eigenvalue weighted by atomic mass is 16.2. The molecular weight excluding hydrogens is 250 g/mol. The van der Waals surface area contributed by atoms with E-state index < -0.39 is 5.41 Å². The van der Waals surface area contributed by atoms with Crippen molar-refractivity contribution in [3.05, 3.63) is 35.9 Å². The summed E-state index contributed by atoms with van der Waals surface area (Å²) in [5.41, 5.74) is -0.0119. The zero-order chi connectivity index (χ0) is 14.4. The Balaban J connectivity index is 1.73. The Bertz CT molecular complexity index is 549. The van der Waals surface area contributed by atoms with Crippen LogP contribution in [0.4, 0.5) is 0 Å². The first-order valence-corrected chi connectivity index (χ1v) is 7.34. The van der Waals surface area contributed by atoms with Crippen LogP contribution < -0.4 is 5.32 Å². The van der Waals surface area contributed by atoms with Crippen molar-refractivity contribution in [1.82, 2.24) is 5.32 Å². The second-order valence-corrected chi connectivity index (χ2v) is 6.74. The number of nitrogens with one attached hydrogen (secondary N) is 1. The normalized spacial score (nSPS) is 30.5. The van der Waals surface area contributed by atoms with Crippen LogP contribution in [0.2, 0.25) is 0 Å². The fourth-order valence-corrected chi connectivity index (χ4v) is 3.93. The molecule has 106 valence electrons. The molecule has 20 heavy (non-hydrogen) atoms. The van der Waals surface area contributed by atoms with E-state index in [1.165, 1.54) is 0 Å². The molecule has 2 fully saturated rings. The minimum absolute atomic E-state index is 0.0700. The first kappa shape index (κ1) is 13.3. The van der Waals surface area contributed by atoms with Crippen LogP contribution in [0.1, 0.15) is 38.7 Å². The fourth-order valence-electron chi connectivity index (χ4n) is 3.93. The van der Waals surface area contributed by atoms with Crippen molar-refractivity contribution >= 4 is 11.7 Å². The Hall–Kier alpha value is -1.64. The van der Waals surface area contributed by atoms with Gasteiger partial charge in [0.25, 0.3) is 0 Å². The molecule has 3 rings (SSSR count). The van der Waals surface area contributed by atoms with Crippen LogP contribution in [0.3, 0.4) is 0 Å². The van der Waals surface area contributed by atoms with Gasteiger partial charge in [-0.05, 0) is 30.7 Å². The third kappa shape index (κ3) is 1.80. The molecule has 3 heteroatoms. The van der Waals surface area contributed by atoms with Crippen LogP contribution in [0, 0.1) is 16.7 Å². The zero-order valence-electron chi connectivity index (χ0n) is 12.1. The van der Waals surface area contributed by atoms with E-state index in [1.807, 2.05) is 44.2 Å². The Kier molecular flexibility index (Phi) is 2.96. The molecule has 3 nitrogen and oxygen atoms in total. The number of benzene rings is 1. The summed E-state index contributed by atoms with van der Waals surface area (Å²) in [5.74, 6) is 0.448. The standard InChI is InChI=1S/C17H21NO2/c1-16(2)13-8-9-17(10-13,14(16)19)15(20)18-11-12-6-4-3-5-7-12/h3-7,13H,8-11H2,1-2H3,(H,18,20)/t13-,17+/m1/s1. The van der Waals surface area contributed by atoms with Gasteiger partial charge in [0, 0.05) is 12.0 Å². The van der Waals surface area contributed by atoms with Gasteiger partial charge in [0.1, 0.15) is 5.41 Å². The second-order valence-electron chi connectivity index (χ2n) is 6.74. The van der Waals surface area contributed by atoms with Crippen LogP contribution in [0.25, 0.3) is 0 Å². The number of fused-ring (bicyclic) bond motifs is 2. The molecule has 2 bridgehead atoms. The Morgan fingerprint density at radius 1 is 1.30 bits per heavy atom. The average molecular weight is 271 g/mol. The first-order chi connectivity index (χ1) is 9.47. The highest BCUT2D eigenvalue weighted by Gasteiger charge is 2.64. The molecule has 2 aliphatic rings. The summed E-state index contributed by atoms with van der Waals surface area (Å²) >= 11 is 0. The van der Waals surface area contributed by atoms with E-state index in [1.54, 1.807) is 0 Å². The van der Waals surface area contributed by atoms with Crippen molar-refractivity contribution in [1.29, 1.82) is 0 Å². The molecule has 2 saturated carbocycles. The van der Waals surface area contributed by atoms with E-state index in [4.69, 9.17) is 0 Å². The monoisotopic (exact) mass is 271 g/mol. The van der Waals surface area contributed by atoms with Gasteiger partial charge in [0.15, 0.2) is 5.78 Å². The summed E-state index contributed by atoms with van der Waals surface area (Å²) in [5, 5.41) is 2.97. The predicted octanol–water partition coefficient (Wildman–Crippen LogP) is 2.70. The van der Waals surface area contributed by atoms with E-state index in [2.05, 4.69) is 5.32 Å². The number of ketones is 1. The number of hydrogen-bond acceptors (Lipinski definition) is 2. The van der Waals surface area contributed by atoms with Gasteiger partial charge in [-0.1, -0.05) is 44.2 Å². The van der Waals surface area contributed by atoms with E-state index >= 15 is 0 Å². The summed E-state index contributed by atoms with van der Waals surface area (Å²) in [7, 11) is 0. The number of Topliss-reactive ketones (excluding diaryl/α,β-unsaturated/α-hetero) is 1. The summed E-state index contributed by atoms with van der Waals surface area (Å²) < 4.78 is 0. The lowest BCUT2D eigenvalue weighted by Crippen LogP contribution is -2.47. The number of carbonyl (C=O) groups is 2. The van der Waals surface area contributed by atoms with E-state index in [9.17, 15) is 9.59 Å². The lowest BCUT2D eigenvalue weighted by Gasteiger charge is -2.32. The molecule has 0 radical (unpaired) electrons. The minimum atomic E-state index is -0.747. The Morgan fingerprint density at radius 2 is 2.00 bits per heavy atom. The van der Waals surface area contributed by atoms with Gasteiger partial charge in [-0.3, -0.25) is 9.59 Å². The van der Waals surface area contributed by atoms with Crippen LogP contribution in [0.15, 0.2) is 30.3 Å². The molecule has 0 saturated heterocycles. The first-order valence-electron chi connectivity index (χ1n) is 7.34. The summed E-state index contributed by atoms with van der Waals surface area (Å²) in [6, 6.07) is 9.82. The third-order valence-corrected chi connectivity index (χ3v) is 5.29.